The molecule has 8 heteroatoms. The average Bonchev–Trinajstić information content (AvgIpc) is 3.48. The summed E-state index contributed by atoms with van der Waals surface area (Å²) in [4.78, 5) is 29.4. The molecule has 1 saturated heterocycles. The second-order valence-corrected chi connectivity index (χ2v) is 7.50. The quantitative estimate of drug-likeness (QED) is 0.693. The zero-order valence-electron chi connectivity index (χ0n) is 15.0. The molecular formula is C19H20FN5O2. The molecule has 2 fully saturated rings. The van der Waals surface area contributed by atoms with Gasteiger partial charge in [-0.3, -0.25) is 9.59 Å². The summed E-state index contributed by atoms with van der Waals surface area (Å²) in [5.74, 6) is -0.420. The van der Waals surface area contributed by atoms with Crippen LogP contribution in [-0.4, -0.2) is 52.9 Å². The minimum Gasteiger partial charge on any atom is -0.367 e. The molecule has 1 aliphatic heterocycles. The number of nitrogens with zero attached hydrogens (tertiary/aromatic N) is 4. The second kappa shape index (κ2) is 5.88. The van der Waals surface area contributed by atoms with E-state index in [-0.39, 0.29) is 16.8 Å². The Morgan fingerprint density at radius 3 is 2.56 bits per heavy atom. The number of nitrogens with one attached hydrogen (secondary N) is 1. The fourth-order valence-electron chi connectivity index (χ4n) is 4.00. The van der Waals surface area contributed by atoms with Crippen molar-refractivity contribution in [2.24, 2.45) is 0 Å². The maximum Gasteiger partial charge on any atom is 0.277 e. The van der Waals surface area contributed by atoms with Crippen LogP contribution < -0.4 is 15.9 Å². The van der Waals surface area contributed by atoms with Crippen molar-refractivity contribution in [1.82, 2.24) is 19.7 Å². The molecule has 0 unspecified atom stereocenters. The Kier molecular flexibility index (Phi) is 3.58. The van der Waals surface area contributed by atoms with Crippen LogP contribution in [0, 0.1) is 5.82 Å². The van der Waals surface area contributed by atoms with Gasteiger partial charge in [0.05, 0.1) is 22.9 Å². The first-order valence-electron chi connectivity index (χ1n) is 9.23. The van der Waals surface area contributed by atoms with Crippen molar-refractivity contribution in [3.63, 3.8) is 0 Å². The van der Waals surface area contributed by atoms with Gasteiger partial charge in [-0.05, 0) is 32.0 Å². The van der Waals surface area contributed by atoms with Crippen LogP contribution in [-0.2, 0) is 0 Å². The van der Waals surface area contributed by atoms with Gasteiger partial charge >= 0.3 is 0 Å². The predicted octanol–water partition coefficient (Wildman–Crippen LogP) is 1.46. The first-order valence-corrected chi connectivity index (χ1v) is 9.23. The molecule has 140 valence electrons. The summed E-state index contributed by atoms with van der Waals surface area (Å²) >= 11 is 0. The Labute approximate surface area is 154 Å². The molecule has 0 radical (unpaired) electrons. The highest BCUT2D eigenvalue weighted by Crippen LogP contribution is 2.40. The van der Waals surface area contributed by atoms with Crippen molar-refractivity contribution >= 4 is 27.5 Å². The number of pyridine rings is 1. The van der Waals surface area contributed by atoms with Gasteiger partial charge in [0.15, 0.2) is 0 Å². The molecule has 2 aliphatic rings. The van der Waals surface area contributed by atoms with E-state index in [0.29, 0.717) is 16.7 Å². The zero-order chi connectivity index (χ0) is 18.7. The van der Waals surface area contributed by atoms with Crippen molar-refractivity contribution < 1.29 is 4.39 Å². The number of benzene rings is 1. The minimum absolute atomic E-state index is 0.0520. The predicted molar refractivity (Wildman–Crippen MR) is 102 cm³/mol. The highest BCUT2D eigenvalue weighted by Gasteiger charge is 2.29. The maximum atomic E-state index is 14.9. The van der Waals surface area contributed by atoms with E-state index < -0.39 is 16.8 Å². The summed E-state index contributed by atoms with van der Waals surface area (Å²) in [6.45, 7) is 3.20. The first-order chi connectivity index (χ1) is 13.0. The van der Waals surface area contributed by atoms with Gasteiger partial charge in [0, 0.05) is 37.6 Å². The SMILES string of the molecule is CN1CCN(c2cc3c(cc2F)c(=O)c2c(=O)[nH]ncc2n3C2CC2)CC1. The van der Waals surface area contributed by atoms with Gasteiger partial charge in [-0.15, -0.1) is 0 Å². The molecule has 3 aromatic rings. The topological polar surface area (TPSA) is 74.2 Å². The standard InChI is InChI=1S/C19H20FN5O2/c1-23-4-6-24(7-5-23)15-9-14-12(8-13(15)20)18(26)17-16(10-21-22-19(17)27)25(14)11-2-3-11/h8-11H,2-7H2,1H3,(H,22,27). The van der Waals surface area contributed by atoms with Gasteiger partial charge in [0.25, 0.3) is 5.56 Å². The lowest BCUT2D eigenvalue weighted by molar-refractivity contribution is 0.312. The summed E-state index contributed by atoms with van der Waals surface area (Å²) in [6.07, 6.45) is 3.47. The van der Waals surface area contributed by atoms with Gasteiger partial charge in [0.2, 0.25) is 5.43 Å². The summed E-state index contributed by atoms with van der Waals surface area (Å²) in [5, 5.41) is 6.51. The Morgan fingerprint density at radius 1 is 1.11 bits per heavy atom. The van der Waals surface area contributed by atoms with Crippen LogP contribution in [0.15, 0.2) is 27.9 Å². The summed E-state index contributed by atoms with van der Waals surface area (Å²) in [5.41, 5.74) is 0.746. The lowest BCUT2D eigenvalue weighted by Gasteiger charge is -2.34. The van der Waals surface area contributed by atoms with Crippen LogP contribution in [0.1, 0.15) is 18.9 Å². The summed E-state index contributed by atoms with van der Waals surface area (Å²) in [6, 6.07) is 3.28. The van der Waals surface area contributed by atoms with Gasteiger partial charge in [-0.2, -0.15) is 5.10 Å². The fraction of sp³-hybridized carbons (Fsp3) is 0.421. The third-order valence-electron chi connectivity index (χ3n) is 5.65. The van der Waals surface area contributed by atoms with Crippen LogP contribution in [0.5, 0.6) is 0 Å². The second-order valence-electron chi connectivity index (χ2n) is 7.50. The number of fused-ring (bicyclic) bond motifs is 2. The van der Waals surface area contributed by atoms with Crippen LogP contribution in [0.2, 0.25) is 0 Å². The van der Waals surface area contributed by atoms with Crippen LogP contribution in [0.25, 0.3) is 21.8 Å². The van der Waals surface area contributed by atoms with Gasteiger partial charge < -0.3 is 14.4 Å². The highest BCUT2D eigenvalue weighted by atomic mass is 19.1. The number of piperazine rings is 1. The monoisotopic (exact) mass is 369 g/mol. The van der Waals surface area contributed by atoms with Crippen LogP contribution in [0.4, 0.5) is 10.1 Å². The Balaban J connectivity index is 1.82. The third kappa shape index (κ3) is 2.55. The number of aromatic amines is 1. The Bertz CT molecular complexity index is 1170. The number of aromatic nitrogens is 3. The fourth-order valence-corrected chi connectivity index (χ4v) is 4.00. The molecule has 0 spiro atoms. The molecule has 27 heavy (non-hydrogen) atoms. The van der Waals surface area contributed by atoms with Gasteiger partial charge in [-0.1, -0.05) is 0 Å². The molecule has 1 aliphatic carbocycles. The van der Waals surface area contributed by atoms with E-state index in [1.165, 1.54) is 12.3 Å². The summed E-state index contributed by atoms with van der Waals surface area (Å²) in [7, 11) is 2.05. The number of likely N-dealkylation sites (N-methyl/N-ethyl adjacent to an activating group) is 1. The van der Waals surface area contributed by atoms with Gasteiger partial charge in [0.1, 0.15) is 11.2 Å². The molecule has 1 N–H and O–H groups in total. The van der Waals surface area contributed by atoms with Crippen molar-refractivity contribution in [2.45, 2.75) is 18.9 Å². The normalized spacial score (nSPS) is 18.5. The molecular weight excluding hydrogens is 349 g/mol. The van der Waals surface area contributed by atoms with E-state index in [0.717, 1.165) is 39.0 Å². The smallest absolute Gasteiger partial charge is 0.277 e. The number of rotatable bonds is 2. The third-order valence-corrected chi connectivity index (χ3v) is 5.65. The van der Waals surface area contributed by atoms with Crippen molar-refractivity contribution in [1.29, 1.82) is 0 Å². The van der Waals surface area contributed by atoms with Gasteiger partial charge in [-0.25, -0.2) is 9.49 Å². The highest BCUT2D eigenvalue weighted by molar-refractivity contribution is 5.94. The molecule has 1 aromatic carbocycles. The van der Waals surface area contributed by atoms with E-state index in [9.17, 15) is 14.0 Å². The first kappa shape index (κ1) is 16.4. The Morgan fingerprint density at radius 2 is 1.85 bits per heavy atom. The molecule has 0 amide bonds. The summed E-state index contributed by atoms with van der Waals surface area (Å²) < 4.78 is 16.9. The zero-order valence-corrected chi connectivity index (χ0v) is 15.0. The van der Waals surface area contributed by atoms with E-state index in [4.69, 9.17) is 0 Å². The lowest BCUT2D eigenvalue weighted by atomic mass is 10.1. The van der Waals surface area contributed by atoms with Crippen LogP contribution >= 0.6 is 0 Å². The number of anilines is 1. The number of hydrogen-bond donors (Lipinski definition) is 1. The molecule has 3 heterocycles. The van der Waals surface area contributed by atoms with E-state index in [1.807, 2.05) is 9.47 Å². The number of halogens is 1. The van der Waals surface area contributed by atoms with Crippen molar-refractivity contribution in [2.75, 3.05) is 38.1 Å². The molecule has 2 aromatic heterocycles. The average molecular weight is 369 g/mol. The van der Waals surface area contributed by atoms with Crippen molar-refractivity contribution in [3.8, 4) is 0 Å². The number of hydrogen-bond acceptors (Lipinski definition) is 5. The molecule has 5 rings (SSSR count). The van der Waals surface area contributed by atoms with E-state index in [1.54, 1.807) is 6.07 Å². The Hall–Kier alpha value is -2.74. The van der Waals surface area contributed by atoms with Crippen LogP contribution in [0.3, 0.4) is 0 Å². The van der Waals surface area contributed by atoms with Crippen molar-refractivity contribution in [3.05, 3.63) is 44.7 Å². The molecule has 7 nitrogen and oxygen atoms in total. The minimum atomic E-state index is -0.530. The van der Waals surface area contributed by atoms with E-state index >= 15 is 0 Å². The molecule has 0 atom stereocenters. The molecule has 1 saturated carbocycles. The maximum absolute atomic E-state index is 14.9. The lowest BCUT2D eigenvalue weighted by Crippen LogP contribution is -2.44. The molecule has 0 bridgehead atoms. The van der Waals surface area contributed by atoms with E-state index in [2.05, 4.69) is 22.1 Å². The largest absolute Gasteiger partial charge is 0.367 e. The number of H-pyrrole nitrogens is 1.